The van der Waals surface area contributed by atoms with Crippen molar-refractivity contribution in [3.8, 4) is 5.75 Å². The number of ketones is 1. The molecular formula is C10H11NO2. The molecule has 0 atom stereocenters. The van der Waals surface area contributed by atoms with Crippen LogP contribution in [0.2, 0.25) is 0 Å². The number of hydrogen-bond acceptors (Lipinski definition) is 3. The van der Waals surface area contributed by atoms with Crippen LogP contribution in [0.1, 0.15) is 15.9 Å². The lowest BCUT2D eigenvalue weighted by Gasteiger charge is -2.04. The van der Waals surface area contributed by atoms with Crippen LogP contribution < -0.4 is 10.5 Å². The predicted octanol–water partition coefficient (Wildman–Crippen LogP) is 0.763. The van der Waals surface area contributed by atoms with Gasteiger partial charge in [-0.2, -0.15) is 0 Å². The van der Waals surface area contributed by atoms with Gasteiger partial charge in [0.2, 0.25) is 0 Å². The van der Waals surface area contributed by atoms with E-state index in [1.165, 1.54) is 0 Å². The summed E-state index contributed by atoms with van der Waals surface area (Å²) < 4.78 is 5.38. The number of nitrogens with two attached hydrogens (primary N) is 1. The van der Waals surface area contributed by atoms with Crippen molar-refractivity contribution < 1.29 is 9.53 Å². The van der Waals surface area contributed by atoms with Gasteiger partial charge in [-0.25, -0.2) is 0 Å². The molecule has 68 valence electrons. The zero-order chi connectivity index (χ0) is 9.26. The van der Waals surface area contributed by atoms with Crippen LogP contribution in [0, 0.1) is 0 Å². The zero-order valence-electron chi connectivity index (χ0n) is 7.25. The molecule has 0 bridgehead atoms. The fourth-order valence-corrected chi connectivity index (χ4v) is 1.54. The molecule has 2 N–H and O–H groups in total. The lowest BCUT2D eigenvalue weighted by Crippen LogP contribution is -2.14. The summed E-state index contributed by atoms with van der Waals surface area (Å²) in [4.78, 5) is 11.4. The summed E-state index contributed by atoms with van der Waals surface area (Å²) in [5, 5.41) is 0. The van der Waals surface area contributed by atoms with Gasteiger partial charge in [-0.1, -0.05) is 12.1 Å². The number of benzene rings is 1. The normalized spacial score (nSPS) is 13.6. The Balaban J connectivity index is 2.47. The summed E-state index contributed by atoms with van der Waals surface area (Å²) in [6.07, 6.45) is 0.890. The molecule has 3 heteroatoms. The molecular weight excluding hydrogens is 166 g/mol. The van der Waals surface area contributed by atoms with Gasteiger partial charge in [0, 0.05) is 6.42 Å². The average Bonchev–Trinajstić information content (AvgIpc) is 2.63. The van der Waals surface area contributed by atoms with E-state index < -0.39 is 0 Å². The molecule has 1 aliphatic rings. The second-order valence-electron chi connectivity index (χ2n) is 3.02. The van der Waals surface area contributed by atoms with Crippen LogP contribution >= 0.6 is 0 Å². The van der Waals surface area contributed by atoms with Gasteiger partial charge in [-0.05, 0) is 11.6 Å². The minimum Gasteiger partial charge on any atom is -0.492 e. The molecule has 0 saturated carbocycles. The Bertz CT molecular complexity index is 347. The van der Waals surface area contributed by atoms with E-state index in [2.05, 4.69) is 0 Å². The Morgan fingerprint density at radius 2 is 2.38 bits per heavy atom. The van der Waals surface area contributed by atoms with Crippen LogP contribution in [0.5, 0.6) is 5.75 Å². The van der Waals surface area contributed by atoms with Crippen molar-refractivity contribution in [1.29, 1.82) is 0 Å². The summed E-state index contributed by atoms with van der Waals surface area (Å²) in [5.74, 6) is 0.678. The molecule has 0 saturated heterocycles. The maximum Gasteiger partial charge on any atom is 0.180 e. The molecule has 0 radical (unpaired) electrons. The molecule has 0 fully saturated rings. The minimum atomic E-state index is -0.0567. The molecule has 1 aromatic rings. The van der Waals surface area contributed by atoms with E-state index in [-0.39, 0.29) is 12.3 Å². The van der Waals surface area contributed by atoms with Crippen molar-refractivity contribution >= 4 is 5.78 Å². The van der Waals surface area contributed by atoms with Crippen molar-refractivity contribution in [3.63, 3.8) is 0 Å². The topological polar surface area (TPSA) is 52.3 Å². The molecule has 0 spiro atoms. The van der Waals surface area contributed by atoms with Gasteiger partial charge in [0.15, 0.2) is 5.78 Å². The number of fused-ring (bicyclic) bond motifs is 1. The van der Waals surface area contributed by atoms with Crippen LogP contribution in [0.3, 0.4) is 0 Å². The summed E-state index contributed by atoms with van der Waals surface area (Å²) in [5.41, 5.74) is 7.03. The van der Waals surface area contributed by atoms with Gasteiger partial charge < -0.3 is 10.5 Å². The molecule has 0 unspecified atom stereocenters. The molecule has 0 aliphatic carbocycles. The van der Waals surface area contributed by atoms with Crippen LogP contribution in [0.25, 0.3) is 0 Å². The smallest absolute Gasteiger partial charge is 0.180 e. The number of rotatable bonds is 2. The molecule has 2 rings (SSSR count). The first-order valence-corrected chi connectivity index (χ1v) is 4.31. The molecule has 1 aliphatic heterocycles. The Morgan fingerprint density at radius 1 is 1.54 bits per heavy atom. The van der Waals surface area contributed by atoms with Gasteiger partial charge in [-0.3, -0.25) is 4.79 Å². The minimum absolute atomic E-state index is 0.0415. The van der Waals surface area contributed by atoms with E-state index in [4.69, 9.17) is 10.5 Å². The Kier molecular flexibility index (Phi) is 2.02. The van der Waals surface area contributed by atoms with Crippen molar-refractivity contribution in [3.05, 3.63) is 29.3 Å². The molecule has 13 heavy (non-hydrogen) atoms. The van der Waals surface area contributed by atoms with Crippen LogP contribution in [-0.4, -0.2) is 18.9 Å². The molecule has 0 amide bonds. The molecule has 0 aromatic heterocycles. The second-order valence-corrected chi connectivity index (χ2v) is 3.02. The predicted molar refractivity (Wildman–Crippen MR) is 49.0 cm³/mol. The van der Waals surface area contributed by atoms with E-state index in [1.807, 2.05) is 12.1 Å². The van der Waals surface area contributed by atoms with Gasteiger partial charge in [0.25, 0.3) is 0 Å². The Morgan fingerprint density at radius 3 is 3.15 bits per heavy atom. The average molecular weight is 177 g/mol. The fourth-order valence-electron chi connectivity index (χ4n) is 1.54. The van der Waals surface area contributed by atoms with Gasteiger partial charge >= 0.3 is 0 Å². The third-order valence-electron chi connectivity index (χ3n) is 2.20. The zero-order valence-corrected chi connectivity index (χ0v) is 7.25. The van der Waals surface area contributed by atoms with Crippen molar-refractivity contribution in [2.75, 3.05) is 13.2 Å². The first-order valence-electron chi connectivity index (χ1n) is 4.31. The summed E-state index contributed by atoms with van der Waals surface area (Å²) in [6.45, 7) is 0.712. The van der Waals surface area contributed by atoms with Gasteiger partial charge in [-0.15, -0.1) is 0 Å². The van der Waals surface area contributed by atoms with Crippen LogP contribution in [-0.2, 0) is 6.42 Å². The highest BCUT2D eigenvalue weighted by atomic mass is 16.5. The highest BCUT2D eigenvalue weighted by Crippen LogP contribution is 2.29. The quantitative estimate of drug-likeness (QED) is 0.678. The van der Waals surface area contributed by atoms with Crippen LogP contribution in [0.15, 0.2) is 18.2 Å². The summed E-state index contributed by atoms with van der Waals surface area (Å²) in [7, 11) is 0. The van der Waals surface area contributed by atoms with Crippen molar-refractivity contribution in [2.45, 2.75) is 6.42 Å². The summed E-state index contributed by atoms with van der Waals surface area (Å²) >= 11 is 0. The SMILES string of the molecule is NCC(=O)c1cccc2c1OCC2. The van der Waals surface area contributed by atoms with Crippen molar-refractivity contribution in [2.24, 2.45) is 5.73 Å². The lowest BCUT2D eigenvalue weighted by molar-refractivity contribution is 0.0998. The fraction of sp³-hybridized carbons (Fsp3) is 0.300. The monoisotopic (exact) mass is 177 g/mol. The van der Waals surface area contributed by atoms with E-state index in [0.29, 0.717) is 12.2 Å². The maximum absolute atomic E-state index is 11.4. The van der Waals surface area contributed by atoms with Gasteiger partial charge in [0.1, 0.15) is 5.75 Å². The number of para-hydroxylation sites is 1. The van der Waals surface area contributed by atoms with E-state index >= 15 is 0 Å². The number of carbonyl (C=O) groups excluding carboxylic acids is 1. The van der Waals surface area contributed by atoms with E-state index in [9.17, 15) is 4.79 Å². The first-order chi connectivity index (χ1) is 6.33. The second kappa shape index (κ2) is 3.18. The Hall–Kier alpha value is -1.35. The highest BCUT2D eigenvalue weighted by molar-refractivity contribution is 6.00. The largest absolute Gasteiger partial charge is 0.492 e. The third kappa shape index (κ3) is 1.31. The number of ether oxygens (including phenoxy) is 1. The van der Waals surface area contributed by atoms with Crippen molar-refractivity contribution in [1.82, 2.24) is 0 Å². The van der Waals surface area contributed by atoms with Crippen LogP contribution in [0.4, 0.5) is 0 Å². The number of carbonyl (C=O) groups is 1. The third-order valence-corrected chi connectivity index (χ3v) is 2.20. The number of Topliss-reactive ketones (excluding diaryl/α,β-unsaturated/α-hetero) is 1. The maximum atomic E-state index is 11.4. The van der Waals surface area contributed by atoms with E-state index in [0.717, 1.165) is 17.7 Å². The Labute approximate surface area is 76.5 Å². The lowest BCUT2D eigenvalue weighted by atomic mass is 10.1. The highest BCUT2D eigenvalue weighted by Gasteiger charge is 2.18. The first kappa shape index (κ1) is 8.26. The molecule has 1 heterocycles. The standard InChI is InChI=1S/C10H11NO2/c11-6-9(12)8-3-1-2-7-4-5-13-10(7)8/h1-3H,4-6,11H2. The molecule has 3 nitrogen and oxygen atoms in total. The van der Waals surface area contributed by atoms with E-state index in [1.54, 1.807) is 6.07 Å². The molecule has 1 aromatic carbocycles. The van der Waals surface area contributed by atoms with Gasteiger partial charge in [0.05, 0.1) is 18.7 Å². The number of hydrogen-bond donors (Lipinski definition) is 1. The summed E-state index contributed by atoms with van der Waals surface area (Å²) in [6, 6.07) is 5.62.